The zero-order valence-electron chi connectivity index (χ0n) is 7.65. The van der Waals surface area contributed by atoms with Crippen LogP contribution in [0.3, 0.4) is 0 Å². The fraction of sp³-hybridized carbons (Fsp3) is 0.889. The van der Waals surface area contributed by atoms with Crippen LogP contribution in [0.15, 0.2) is 0 Å². The second kappa shape index (κ2) is 3.27. The molecule has 4 nitrogen and oxygen atoms in total. The molecule has 74 valence electrons. The van der Waals surface area contributed by atoms with E-state index in [0.29, 0.717) is 25.9 Å². The van der Waals surface area contributed by atoms with Crippen molar-refractivity contribution in [3.05, 3.63) is 0 Å². The van der Waals surface area contributed by atoms with Crippen molar-refractivity contribution in [3.8, 4) is 0 Å². The summed E-state index contributed by atoms with van der Waals surface area (Å²) in [4.78, 5) is 13.5. The third-order valence-corrected chi connectivity index (χ3v) is 2.93. The fourth-order valence-electron chi connectivity index (χ4n) is 1.82. The van der Waals surface area contributed by atoms with Crippen molar-refractivity contribution in [2.45, 2.75) is 31.4 Å². The minimum absolute atomic E-state index is 0.0789. The first-order valence-electron chi connectivity index (χ1n) is 4.91. The lowest BCUT2D eigenvalue weighted by Crippen LogP contribution is -2.41. The van der Waals surface area contributed by atoms with Gasteiger partial charge in [0.1, 0.15) is 0 Å². The number of carbonyl (C=O) groups excluding carboxylic acids is 1. The topological polar surface area (TPSA) is 66.6 Å². The molecule has 1 saturated carbocycles. The van der Waals surface area contributed by atoms with Gasteiger partial charge in [-0.25, -0.2) is 0 Å². The Balaban J connectivity index is 1.84. The van der Waals surface area contributed by atoms with Gasteiger partial charge in [-0.15, -0.1) is 0 Å². The van der Waals surface area contributed by atoms with E-state index >= 15 is 0 Å². The number of hydrogen-bond donors (Lipinski definition) is 2. The maximum Gasteiger partial charge on any atom is 0.227 e. The molecular weight excluding hydrogens is 168 g/mol. The summed E-state index contributed by atoms with van der Waals surface area (Å²) in [6.45, 7) is 1.40. The predicted octanol–water partition coefficient (Wildman–Crippen LogP) is -0.683. The van der Waals surface area contributed by atoms with E-state index in [1.807, 2.05) is 4.90 Å². The first-order chi connectivity index (χ1) is 6.18. The van der Waals surface area contributed by atoms with Crippen molar-refractivity contribution in [3.63, 3.8) is 0 Å². The number of hydrogen-bond acceptors (Lipinski definition) is 3. The molecule has 0 aromatic carbocycles. The highest BCUT2D eigenvalue weighted by molar-refractivity contribution is 5.82. The van der Waals surface area contributed by atoms with Crippen LogP contribution in [-0.4, -0.2) is 41.1 Å². The molecule has 1 heterocycles. The smallest absolute Gasteiger partial charge is 0.227 e. The van der Waals surface area contributed by atoms with E-state index in [-0.39, 0.29) is 24.0 Å². The molecule has 0 spiro atoms. The fourth-order valence-corrected chi connectivity index (χ4v) is 1.82. The Morgan fingerprint density at radius 1 is 1.38 bits per heavy atom. The van der Waals surface area contributed by atoms with E-state index in [1.54, 1.807) is 0 Å². The van der Waals surface area contributed by atoms with Gasteiger partial charge in [0.2, 0.25) is 5.91 Å². The summed E-state index contributed by atoms with van der Waals surface area (Å²) in [7, 11) is 0. The monoisotopic (exact) mass is 184 g/mol. The van der Waals surface area contributed by atoms with Crippen LogP contribution in [0.5, 0.6) is 0 Å². The van der Waals surface area contributed by atoms with Gasteiger partial charge in [0.25, 0.3) is 0 Å². The lowest BCUT2D eigenvalue weighted by atomic mass is 10.1. The number of nitrogens with zero attached hydrogens (tertiary/aromatic N) is 1. The minimum atomic E-state index is -0.211. The Morgan fingerprint density at radius 2 is 1.92 bits per heavy atom. The third-order valence-electron chi connectivity index (χ3n) is 2.93. The van der Waals surface area contributed by atoms with Crippen molar-refractivity contribution >= 4 is 5.91 Å². The van der Waals surface area contributed by atoms with Crippen LogP contribution in [0.2, 0.25) is 0 Å². The second-order valence-electron chi connectivity index (χ2n) is 4.06. The first-order valence-corrected chi connectivity index (χ1v) is 4.91. The summed E-state index contributed by atoms with van der Waals surface area (Å²) in [5.74, 6) is 0.273. The molecule has 1 aliphatic carbocycles. The molecule has 0 bridgehead atoms. The standard InChI is InChI=1S/C9H16N2O2/c10-8-5-7(8)9(13)11-3-1-6(12)2-4-11/h6-8,12H,1-5,10H2. The number of aliphatic hydroxyl groups is 1. The zero-order valence-corrected chi connectivity index (χ0v) is 7.65. The molecule has 1 saturated heterocycles. The van der Waals surface area contributed by atoms with Gasteiger partial charge in [0.15, 0.2) is 0 Å². The largest absolute Gasteiger partial charge is 0.393 e. The van der Waals surface area contributed by atoms with Gasteiger partial charge < -0.3 is 15.7 Å². The van der Waals surface area contributed by atoms with E-state index < -0.39 is 0 Å². The Hall–Kier alpha value is -0.610. The predicted molar refractivity (Wildman–Crippen MR) is 47.9 cm³/mol. The van der Waals surface area contributed by atoms with Crippen LogP contribution in [0, 0.1) is 5.92 Å². The highest BCUT2D eigenvalue weighted by Crippen LogP contribution is 2.30. The highest BCUT2D eigenvalue weighted by Gasteiger charge is 2.42. The maximum atomic E-state index is 11.6. The molecule has 0 aromatic rings. The average Bonchev–Trinajstić information content (AvgIpc) is 2.83. The van der Waals surface area contributed by atoms with E-state index in [1.165, 1.54) is 0 Å². The molecule has 2 rings (SSSR count). The summed E-state index contributed by atoms with van der Waals surface area (Å²) in [5.41, 5.74) is 5.60. The van der Waals surface area contributed by atoms with E-state index in [4.69, 9.17) is 5.73 Å². The minimum Gasteiger partial charge on any atom is -0.393 e. The van der Waals surface area contributed by atoms with Crippen molar-refractivity contribution in [1.82, 2.24) is 4.90 Å². The molecule has 2 aliphatic rings. The summed E-state index contributed by atoms with van der Waals surface area (Å²) >= 11 is 0. The molecule has 2 unspecified atom stereocenters. The molecule has 0 aromatic heterocycles. The Labute approximate surface area is 77.7 Å². The molecule has 0 radical (unpaired) electrons. The van der Waals surface area contributed by atoms with E-state index in [0.717, 1.165) is 6.42 Å². The summed E-state index contributed by atoms with van der Waals surface area (Å²) in [6, 6.07) is 0.0966. The van der Waals surface area contributed by atoms with Gasteiger partial charge in [-0.1, -0.05) is 0 Å². The highest BCUT2D eigenvalue weighted by atomic mass is 16.3. The van der Waals surface area contributed by atoms with Crippen LogP contribution in [0.4, 0.5) is 0 Å². The van der Waals surface area contributed by atoms with Crippen molar-refractivity contribution in [2.75, 3.05) is 13.1 Å². The molecule has 2 atom stereocenters. The molecule has 4 heteroatoms. The van der Waals surface area contributed by atoms with Gasteiger partial charge in [-0.05, 0) is 19.3 Å². The summed E-state index contributed by atoms with van der Waals surface area (Å²) in [6.07, 6.45) is 2.07. The van der Waals surface area contributed by atoms with E-state index in [2.05, 4.69) is 0 Å². The molecular formula is C9H16N2O2. The molecule has 1 aliphatic heterocycles. The average molecular weight is 184 g/mol. The summed E-state index contributed by atoms with van der Waals surface area (Å²) < 4.78 is 0. The Bertz CT molecular complexity index is 212. The van der Waals surface area contributed by atoms with Gasteiger partial charge in [0.05, 0.1) is 12.0 Å². The van der Waals surface area contributed by atoms with Crippen LogP contribution >= 0.6 is 0 Å². The van der Waals surface area contributed by atoms with Crippen LogP contribution in [0.1, 0.15) is 19.3 Å². The number of nitrogens with two attached hydrogens (primary N) is 1. The molecule has 13 heavy (non-hydrogen) atoms. The van der Waals surface area contributed by atoms with Gasteiger partial charge in [-0.3, -0.25) is 4.79 Å². The number of rotatable bonds is 1. The maximum absolute atomic E-state index is 11.6. The lowest BCUT2D eigenvalue weighted by Gasteiger charge is -2.29. The molecule has 1 amide bonds. The first kappa shape index (κ1) is 8.97. The number of piperidine rings is 1. The number of likely N-dealkylation sites (tertiary alicyclic amines) is 1. The zero-order chi connectivity index (χ0) is 9.42. The van der Waals surface area contributed by atoms with Crippen LogP contribution in [-0.2, 0) is 4.79 Å². The van der Waals surface area contributed by atoms with Crippen LogP contribution < -0.4 is 5.73 Å². The van der Waals surface area contributed by atoms with E-state index in [9.17, 15) is 9.90 Å². The number of amides is 1. The molecule has 3 N–H and O–H groups in total. The van der Waals surface area contributed by atoms with Gasteiger partial charge in [0, 0.05) is 19.1 Å². The SMILES string of the molecule is NC1CC1C(=O)N1CCC(O)CC1. The normalized spacial score (nSPS) is 34.8. The van der Waals surface area contributed by atoms with Gasteiger partial charge >= 0.3 is 0 Å². The van der Waals surface area contributed by atoms with Crippen molar-refractivity contribution < 1.29 is 9.90 Å². The van der Waals surface area contributed by atoms with Crippen LogP contribution in [0.25, 0.3) is 0 Å². The lowest BCUT2D eigenvalue weighted by molar-refractivity contribution is -0.134. The summed E-state index contributed by atoms with van der Waals surface area (Å²) in [5, 5.41) is 9.25. The Morgan fingerprint density at radius 3 is 2.38 bits per heavy atom. The number of aliphatic hydroxyl groups excluding tert-OH is 1. The number of carbonyl (C=O) groups is 1. The third kappa shape index (κ3) is 1.84. The van der Waals surface area contributed by atoms with Crippen molar-refractivity contribution in [1.29, 1.82) is 0 Å². The van der Waals surface area contributed by atoms with Crippen molar-refractivity contribution in [2.24, 2.45) is 11.7 Å². The second-order valence-corrected chi connectivity index (χ2v) is 4.06. The quantitative estimate of drug-likeness (QED) is 0.567. The Kier molecular flexibility index (Phi) is 2.26. The molecule has 2 fully saturated rings. The van der Waals surface area contributed by atoms with Gasteiger partial charge in [-0.2, -0.15) is 0 Å².